The van der Waals surface area contributed by atoms with Gasteiger partial charge >= 0.3 is 18.0 Å². The van der Waals surface area contributed by atoms with E-state index in [2.05, 4.69) is 0 Å². The van der Waals surface area contributed by atoms with Crippen LogP contribution in [0.15, 0.2) is 30.3 Å². The molecule has 0 heterocycles. The molecule has 9 nitrogen and oxygen atoms in total. The van der Waals surface area contributed by atoms with Gasteiger partial charge in [0.05, 0.1) is 13.0 Å². The minimum Gasteiger partial charge on any atom is -0.480 e. The predicted octanol–water partition coefficient (Wildman–Crippen LogP) is 1.49. The Labute approximate surface area is 145 Å². The Balaban J connectivity index is 2.82. The van der Waals surface area contributed by atoms with Crippen LogP contribution in [-0.2, 0) is 25.6 Å². The first-order valence-electron chi connectivity index (χ1n) is 7.58. The van der Waals surface area contributed by atoms with Crippen molar-refractivity contribution in [2.24, 2.45) is 0 Å². The molecule has 0 spiro atoms. The third-order valence-corrected chi connectivity index (χ3v) is 2.91. The maximum Gasteiger partial charge on any atom is 0.451 e. The van der Waals surface area contributed by atoms with Crippen LogP contribution >= 0.6 is 0 Å². The number of hydrogen-bond donors (Lipinski definition) is 2. The van der Waals surface area contributed by atoms with Crippen LogP contribution in [0.25, 0.3) is 0 Å². The van der Waals surface area contributed by atoms with Crippen LogP contribution < -0.4 is 0 Å². The highest BCUT2D eigenvalue weighted by atomic mass is 16.8. The minimum atomic E-state index is -1.20. The number of benzene rings is 1. The van der Waals surface area contributed by atoms with Crippen LogP contribution in [0.4, 0.5) is 4.79 Å². The fourth-order valence-electron chi connectivity index (χ4n) is 1.74. The normalized spacial score (nSPS) is 9.84. The topological polar surface area (TPSA) is 120 Å². The van der Waals surface area contributed by atoms with Crippen molar-refractivity contribution in [2.45, 2.75) is 19.8 Å². The van der Waals surface area contributed by atoms with Gasteiger partial charge in [-0.2, -0.15) is 0 Å². The van der Waals surface area contributed by atoms with Gasteiger partial charge < -0.3 is 19.6 Å². The van der Waals surface area contributed by atoms with Crippen molar-refractivity contribution in [3.63, 3.8) is 0 Å². The average molecular weight is 351 g/mol. The van der Waals surface area contributed by atoms with Crippen molar-refractivity contribution in [2.75, 3.05) is 20.2 Å². The maximum atomic E-state index is 12.0. The third-order valence-electron chi connectivity index (χ3n) is 2.91. The first-order chi connectivity index (χ1) is 11.8. The molecule has 0 saturated heterocycles. The Kier molecular flexibility index (Phi) is 7.91. The summed E-state index contributed by atoms with van der Waals surface area (Å²) >= 11 is 0. The van der Waals surface area contributed by atoms with Crippen molar-refractivity contribution < 1.29 is 29.1 Å². The van der Waals surface area contributed by atoms with E-state index in [1.807, 2.05) is 0 Å². The molecule has 0 atom stereocenters. The largest absolute Gasteiger partial charge is 0.480 e. The molecule has 9 heteroatoms. The van der Waals surface area contributed by atoms with Gasteiger partial charge in [-0.15, -0.1) is 0 Å². The number of hydroxylamine groups is 2. The van der Waals surface area contributed by atoms with Crippen LogP contribution in [0, 0.1) is 5.41 Å². The van der Waals surface area contributed by atoms with Gasteiger partial charge in [-0.1, -0.05) is 42.3 Å². The Morgan fingerprint density at radius 1 is 1.20 bits per heavy atom. The molecule has 0 fully saturated rings. The molecule has 0 unspecified atom stereocenters. The molecular formula is C16H21N3O6. The van der Waals surface area contributed by atoms with Gasteiger partial charge in [0, 0.05) is 7.05 Å². The molecule has 0 aliphatic rings. The fraction of sp³-hybridized carbons (Fsp3) is 0.375. The Hall–Kier alpha value is -3.10. The van der Waals surface area contributed by atoms with E-state index in [0.717, 1.165) is 4.90 Å². The van der Waals surface area contributed by atoms with E-state index in [-0.39, 0.29) is 13.0 Å². The first-order valence-corrected chi connectivity index (χ1v) is 7.58. The molecule has 2 N–H and O–H groups in total. The number of likely N-dealkylation sites (N-methyl/N-ethyl adjacent to an activating group) is 1. The zero-order valence-corrected chi connectivity index (χ0v) is 14.1. The second kappa shape index (κ2) is 9.91. The number of hydrogen-bond acceptors (Lipinski definition) is 6. The number of rotatable bonds is 6. The van der Waals surface area contributed by atoms with E-state index in [1.54, 1.807) is 37.3 Å². The van der Waals surface area contributed by atoms with Gasteiger partial charge in [0.15, 0.2) is 0 Å². The number of ether oxygens (including phenoxy) is 1. The van der Waals surface area contributed by atoms with Gasteiger partial charge in [0.2, 0.25) is 5.96 Å². The molecule has 1 rings (SSSR count). The van der Waals surface area contributed by atoms with Gasteiger partial charge in [-0.05, 0) is 12.0 Å². The summed E-state index contributed by atoms with van der Waals surface area (Å²) in [4.78, 5) is 40.7. The van der Waals surface area contributed by atoms with E-state index >= 15 is 0 Å². The summed E-state index contributed by atoms with van der Waals surface area (Å²) in [6, 6.07) is 8.71. The van der Waals surface area contributed by atoms with Crippen molar-refractivity contribution in [1.29, 1.82) is 5.41 Å². The zero-order chi connectivity index (χ0) is 18.8. The highest BCUT2D eigenvalue weighted by molar-refractivity contribution is 5.93. The summed E-state index contributed by atoms with van der Waals surface area (Å²) in [6.45, 7) is 1.30. The predicted molar refractivity (Wildman–Crippen MR) is 87.7 cm³/mol. The number of carbonyl (C=O) groups excluding carboxylic acids is 2. The molecule has 0 aromatic heterocycles. The highest BCUT2D eigenvalue weighted by Crippen LogP contribution is 2.06. The molecule has 1 aromatic rings. The third kappa shape index (κ3) is 6.90. The molecule has 0 aliphatic carbocycles. The van der Waals surface area contributed by atoms with Crippen LogP contribution in [0.2, 0.25) is 0 Å². The number of guanidine groups is 1. The van der Waals surface area contributed by atoms with Crippen molar-refractivity contribution in [3.8, 4) is 0 Å². The Morgan fingerprint density at radius 2 is 1.84 bits per heavy atom. The van der Waals surface area contributed by atoms with E-state index in [1.165, 1.54) is 7.05 Å². The van der Waals surface area contributed by atoms with E-state index in [0.29, 0.717) is 17.0 Å². The van der Waals surface area contributed by atoms with Gasteiger partial charge in [-0.25, -0.2) is 9.59 Å². The first kappa shape index (κ1) is 19.9. The molecule has 0 radical (unpaired) electrons. The number of nitrogens with one attached hydrogen (secondary N) is 1. The molecule has 0 bridgehead atoms. The highest BCUT2D eigenvalue weighted by Gasteiger charge is 2.28. The SMILES string of the molecule is CCCOC(=O)N(OC(=O)Cc1ccccc1)C(=N)N(C)CC(=O)O. The monoisotopic (exact) mass is 351 g/mol. The number of aliphatic carboxylic acids is 1. The Morgan fingerprint density at radius 3 is 2.40 bits per heavy atom. The lowest BCUT2D eigenvalue weighted by molar-refractivity contribution is -0.168. The van der Waals surface area contributed by atoms with Gasteiger partial charge in [-0.3, -0.25) is 10.2 Å². The van der Waals surface area contributed by atoms with Crippen LogP contribution in [0.3, 0.4) is 0 Å². The molecule has 0 aliphatic heterocycles. The molecule has 0 saturated carbocycles. The number of carboxylic acid groups (broad SMARTS) is 1. The van der Waals surface area contributed by atoms with Gasteiger partial charge in [0.1, 0.15) is 6.54 Å². The smallest absolute Gasteiger partial charge is 0.451 e. The number of carbonyl (C=O) groups is 3. The van der Waals surface area contributed by atoms with E-state index < -0.39 is 30.5 Å². The summed E-state index contributed by atoms with van der Waals surface area (Å²) in [5.74, 6) is -2.61. The quantitative estimate of drug-likeness (QED) is 0.452. The molecular weight excluding hydrogens is 330 g/mol. The molecule has 25 heavy (non-hydrogen) atoms. The lowest BCUT2D eigenvalue weighted by atomic mass is 10.2. The number of amides is 1. The maximum absolute atomic E-state index is 12.0. The molecule has 136 valence electrons. The van der Waals surface area contributed by atoms with Crippen LogP contribution in [0.5, 0.6) is 0 Å². The summed E-state index contributed by atoms with van der Waals surface area (Å²) in [5.41, 5.74) is 0.666. The van der Waals surface area contributed by atoms with E-state index in [4.69, 9.17) is 20.1 Å². The number of carboxylic acids is 1. The molecule has 1 aromatic carbocycles. The molecule has 1 amide bonds. The summed E-state index contributed by atoms with van der Waals surface area (Å²) < 4.78 is 4.88. The standard InChI is InChI=1S/C16H21N3O6/c1-3-9-24-16(23)19(15(17)18(2)11-13(20)21)25-14(22)10-12-7-5-4-6-8-12/h4-8,17H,3,9-11H2,1-2H3,(H,20,21). The van der Waals surface area contributed by atoms with Crippen molar-refractivity contribution in [3.05, 3.63) is 35.9 Å². The van der Waals surface area contributed by atoms with Gasteiger partial charge in [0.25, 0.3) is 0 Å². The lowest BCUT2D eigenvalue weighted by Gasteiger charge is -2.26. The van der Waals surface area contributed by atoms with E-state index in [9.17, 15) is 14.4 Å². The van der Waals surface area contributed by atoms with Crippen molar-refractivity contribution in [1.82, 2.24) is 9.96 Å². The number of nitrogens with zero attached hydrogens (tertiary/aromatic N) is 2. The van der Waals surface area contributed by atoms with Crippen LogP contribution in [-0.4, -0.2) is 59.3 Å². The minimum absolute atomic E-state index is 0.0709. The average Bonchev–Trinajstić information content (AvgIpc) is 2.57. The second-order valence-electron chi connectivity index (χ2n) is 5.11. The zero-order valence-electron chi connectivity index (χ0n) is 14.1. The van der Waals surface area contributed by atoms with Crippen LogP contribution in [0.1, 0.15) is 18.9 Å². The second-order valence-corrected chi connectivity index (χ2v) is 5.11. The summed E-state index contributed by atoms with van der Waals surface area (Å²) in [5, 5.41) is 17.0. The lowest BCUT2D eigenvalue weighted by Crippen LogP contribution is -2.48. The fourth-order valence-corrected chi connectivity index (χ4v) is 1.74. The summed E-state index contributed by atoms with van der Waals surface area (Å²) in [6.07, 6.45) is -0.644. The van der Waals surface area contributed by atoms with Crippen molar-refractivity contribution >= 4 is 24.0 Å². The summed E-state index contributed by atoms with van der Waals surface area (Å²) in [7, 11) is 1.28. The Bertz CT molecular complexity index is 620.